The summed E-state index contributed by atoms with van der Waals surface area (Å²) in [6.45, 7) is 3.30. The van der Waals surface area contributed by atoms with Gasteiger partial charge in [-0.05, 0) is 37.1 Å². The topological polar surface area (TPSA) is 80.5 Å². The van der Waals surface area contributed by atoms with Crippen molar-refractivity contribution in [1.82, 2.24) is 15.5 Å². The van der Waals surface area contributed by atoms with Crippen molar-refractivity contribution in [2.75, 3.05) is 31.2 Å². The van der Waals surface area contributed by atoms with Gasteiger partial charge in [0.1, 0.15) is 0 Å². The molecule has 2 aromatic rings. The van der Waals surface area contributed by atoms with Crippen molar-refractivity contribution in [1.29, 1.82) is 0 Å². The first-order chi connectivity index (χ1) is 12.8. The van der Waals surface area contributed by atoms with Crippen LogP contribution in [0.2, 0.25) is 0 Å². The van der Waals surface area contributed by atoms with Crippen LogP contribution in [-0.2, 0) is 4.74 Å². The Labute approximate surface area is 152 Å². The quantitative estimate of drug-likeness (QED) is 0.907. The molecule has 0 spiro atoms. The molecule has 1 amide bonds. The Morgan fingerprint density at radius 2 is 1.81 bits per heavy atom. The zero-order valence-corrected chi connectivity index (χ0v) is 14.8. The Morgan fingerprint density at radius 3 is 2.54 bits per heavy atom. The van der Waals surface area contributed by atoms with Crippen molar-refractivity contribution in [3.63, 3.8) is 0 Å². The molecule has 1 N–H and O–H groups in total. The average molecular weight is 356 g/mol. The van der Waals surface area contributed by atoms with Gasteiger partial charge in [-0.3, -0.25) is 4.79 Å². The number of rotatable bonds is 4. The summed E-state index contributed by atoms with van der Waals surface area (Å²) in [5, 5.41) is 6.96. The molecule has 0 atom stereocenters. The average Bonchev–Trinajstić information content (AvgIpc) is 3.20. The first-order valence-electron chi connectivity index (χ1n) is 9.37. The van der Waals surface area contributed by atoms with Crippen molar-refractivity contribution < 1.29 is 14.1 Å². The minimum Gasteiger partial charge on any atom is -0.378 e. The molecular formula is C19H24N4O3. The molecule has 1 saturated carbocycles. The molecule has 4 rings (SSSR count). The van der Waals surface area contributed by atoms with Gasteiger partial charge in [0.2, 0.25) is 5.82 Å². The SMILES string of the molecule is O=C(NC1CCCCC1)c1nc(-c2ccc(N3CCOCC3)cc2)no1. The fourth-order valence-corrected chi connectivity index (χ4v) is 3.57. The van der Waals surface area contributed by atoms with E-state index in [9.17, 15) is 4.79 Å². The molecule has 0 unspecified atom stereocenters. The maximum atomic E-state index is 12.3. The fourth-order valence-electron chi connectivity index (χ4n) is 3.57. The number of morpholine rings is 1. The molecule has 2 fully saturated rings. The van der Waals surface area contributed by atoms with E-state index >= 15 is 0 Å². The molecule has 1 aromatic carbocycles. The molecular weight excluding hydrogens is 332 g/mol. The summed E-state index contributed by atoms with van der Waals surface area (Å²) in [7, 11) is 0. The zero-order chi connectivity index (χ0) is 17.8. The molecule has 0 radical (unpaired) electrons. The van der Waals surface area contributed by atoms with E-state index in [2.05, 4.69) is 20.4 Å². The van der Waals surface area contributed by atoms with Crippen LogP contribution in [0.25, 0.3) is 11.4 Å². The lowest BCUT2D eigenvalue weighted by Gasteiger charge is -2.28. The number of carbonyl (C=O) groups excluding carboxylic acids is 1. The molecule has 7 heteroatoms. The number of amides is 1. The van der Waals surface area contributed by atoms with Crippen LogP contribution in [0.3, 0.4) is 0 Å². The van der Waals surface area contributed by atoms with Gasteiger partial charge >= 0.3 is 11.8 Å². The second-order valence-electron chi connectivity index (χ2n) is 6.88. The summed E-state index contributed by atoms with van der Waals surface area (Å²) >= 11 is 0. The third-order valence-electron chi connectivity index (χ3n) is 5.06. The normalized spacial score (nSPS) is 18.7. The van der Waals surface area contributed by atoms with Crippen LogP contribution in [0.15, 0.2) is 28.8 Å². The second kappa shape index (κ2) is 7.86. The first kappa shape index (κ1) is 17.0. The second-order valence-corrected chi connectivity index (χ2v) is 6.88. The number of aromatic nitrogens is 2. The smallest absolute Gasteiger partial charge is 0.316 e. The molecule has 138 valence electrons. The van der Waals surface area contributed by atoms with Gasteiger partial charge in [-0.15, -0.1) is 0 Å². The van der Waals surface area contributed by atoms with Gasteiger partial charge in [0, 0.05) is 30.4 Å². The van der Waals surface area contributed by atoms with Crippen molar-refractivity contribution >= 4 is 11.6 Å². The molecule has 0 bridgehead atoms. The van der Waals surface area contributed by atoms with Crippen LogP contribution in [0.1, 0.15) is 42.8 Å². The van der Waals surface area contributed by atoms with Crippen molar-refractivity contribution in [3.8, 4) is 11.4 Å². The predicted molar refractivity (Wildman–Crippen MR) is 97.1 cm³/mol. The Morgan fingerprint density at radius 1 is 1.08 bits per heavy atom. The first-order valence-corrected chi connectivity index (χ1v) is 9.37. The lowest BCUT2D eigenvalue weighted by atomic mass is 9.95. The Bertz CT molecular complexity index is 731. The van der Waals surface area contributed by atoms with E-state index in [1.807, 2.05) is 24.3 Å². The van der Waals surface area contributed by atoms with E-state index in [0.29, 0.717) is 5.82 Å². The van der Waals surface area contributed by atoms with Gasteiger partial charge in [0.15, 0.2) is 0 Å². The predicted octanol–water partition coefficient (Wildman–Crippen LogP) is 2.64. The minimum absolute atomic E-state index is 0.0304. The van der Waals surface area contributed by atoms with Crippen molar-refractivity contribution in [3.05, 3.63) is 30.2 Å². The third-order valence-corrected chi connectivity index (χ3v) is 5.06. The largest absolute Gasteiger partial charge is 0.378 e. The van der Waals surface area contributed by atoms with Crippen molar-refractivity contribution in [2.45, 2.75) is 38.1 Å². The lowest BCUT2D eigenvalue weighted by molar-refractivity contribution is 0.0883. The molecule has 1 aliphatic heterocycles. The maximum Gasteiger partial charge on any atom is 0.316 e. The highest BCUT2D eigenvalue weighted by Gasteiger charge is 2.21. The molecule has 7 nitrogen and oxygen atoms in total. The summed E-state index contributed by atoms with van der Waals surface area (Å²) in [5.41, 5.74) is 1.98. The molecule has 1 aliphatic carbocycles. The fraction of sp³-hybridized carbons (Fsp3) is 0.526. The molecule has 1 saturated heterocycles. The van der Waals surface area contributed by atoms with E-state index in [0.717, 1.165) is 63.2 Å². The van der Waals surface area contributed by atoms with Gasteiger partial charge in [-0.1, -0.05) is 24.4 Å². The van der Waals surface area contributed by atoms with E-state index in [1.54, 1.807) is 0 Å². The maximum absolute atomic E-state index is 12.3. The number of anilines is 1. The van der Waals surface area contributed by atoms with Crippen LogP contribution in [-0.4, -0.2) is 48.4 Å². The number of hydrogen-bond acceptors (Lipinski definition) is 6. The molecule has 1 aromatic heterocycles. The van der Waals surface area contributed by atoms with Crippen molar-refractivity contribution in [2.24, 2.45) is 0 Å². The zero-order valence-electron chi connectivity index (χ0n) is 14.8. The summed E-state index contributed by atoms with van der Waals surface area (Å²) in [5.74, 6) is 0.190. The standard InChI is InChI=1S/C19H24N4O3/c24-18(20-15-4-2-1-3-5-15)19-21-17(22-26-19)14-6-8-16(9-7-14)23-10-12-25-13-11-23/h6-9,15H,1-5,10-13H2,(H,20,24). The summed E-state index contributed by atoms with van der Waals surface area (Å²) in [4.78, 5) is 18.8. The van der Waals surface area contributed by atoms with Crippen LogP contribution in [0.5, 0.6) is 0 Å². The highest BCUT2D eigenvalue weighted by atomic mass is 16.5. The van der Waals surface area contributed by atoms with E-state index in [4.69, 9.17) is 9.26 Å². The monoisotopic (exact) mass is 356 g/mol. The minimum atomic E-state index is -0.277. The highest BCUT2D eigenvalue weighted by Crippen LogP contribution is 2.22. The Balaban J connectivity index is 1.41. The van der Waals surface area contributed by atoms with Crippen LogP contribution >= 0.6 is 0 Å². The highest BCUT2D eigenvalue weighted by molar-refractivity contribution is 5.90. The lowest BCUT2D eigenvalue weighted by Crippen LogP contribution is -2.36. The summed E-state index contributed by atoms with van der Waals surface area (Å²) in [6, 6.07) is 8.22. The third kappa shape index (κ3) is 3.88. The van der Waals surface area contributed by atoms with Gasteiger partial charge < -0.3 is 19.5 Å². The molecule has 2 heterocycles. The van der Waals surface area contributed by atoms with Crippen LogP contribution < -0.4 is 10.2 Å². The van der Waals surface area contributed by atoms with E-state index < -0.39 is 0 Å². The molecule has 26 heavy (non-hydrogen) atoms. The number of ether oxygens (including phenoxy) is 1. The van der Waals surface area contributed by atoms with Gasteiger partial charge in [0.25, 0.3) is 0 Å². The number of nitrogens with one attached hydrogen (secondary N) is 1. The van der Waals surface area contributed by atoms with Gasteiger partial charge in [0.05, 0.1) is 13.2 Å². The van der Waals surface area contributed by atoms with E-state index in [-0.39, 0.29) is 17.8 Å². The number of carbonyl (C=O) groups is 1. The molecule has 2 aliphatic rings. The number of nitrogens with zero attached hydrogens (tertiary/aromatic N) is 3. The van der Waals surface area contributed by atoms with Gasteiger partial charge in [-0.25, -0.2) is 0 Å². The van der Waals surface area contributed by atoms with E-state index in [1.165, 1.54) is 6.42 Å². The number of hydrogen-bond donors (Lipinski definition) is 1. The summed E-state index contributed by atoms with van der Waals surface area (Å²) < 4.78 is 10.6. The Kier molecular flexibility index (Phi) is 5.15. The van der Waals surface area contributed by atoms with Crippen LogP contribution in [0.4, 0.5) is 5.69 Å². The number of benzene rings is 1. The summed E-state index contributed by atoms with van der Waals surface area (Å²) in [6.07, 6.45) is 5.62. The van der Waals surface area contributed by atoms with Crippen LogP contribution in [0, 0.1) is 0 Å². The Hall–Kier alpha value is -2.41. The van der Waals surface area contributed by atoms with Gasteiger partial charge in [-0.2, -0.15) is 4.98 Å².